The molecule has 2 heterocycles. The number of carbonyl (C=O) groups is 1. The number of rotatable bonds is 5. The molecule has 0 spiro atoms. The van der Waals surface area contributed by atoms with Crippen molar-refractivity contribution in [3.05, 3.63) is 71.5 Å². The average molecular weight is 403 g/mol. The number of fused-ring (bicyclic) bond motifs is 2. The quantitative estimate of drug-likeness (QED) is 0.480. The Morgan fingerprint density at radius 2 is 1.83 bits per heavy atom. The maximum absolute atomic E-state index is 13.0. The number of imidazole rings is 1. The molecule has 5 rings (SSSR count). The summed E-state index contributed by atoms with van der Waals surface area (Å²) in [5.41, 5.74) is 3.01. The van der Waals surface area contributed by atoms with E-state index < -0.39 is 0 Å². The Morgan fingerprint density at radius 1 is 1.03 bits per heavy atom. The van der Waals surface area contributed by atoms with Crippen LogP contribution in [0.1, 0.15) is 29.6 Å². The molecule has 0 bridgehead atoms. The first-order valence-electron chi connectivity index (χ1n) is 10.00. The minimum atomic E-state index is -0.0729. The van der Waals surface area contributed by atoms with Crippen LogP contribution in [0.2, 0.25) is 0 Å². The van der Waals surface area contributed by atoms with Crippen molar-refractivity contribution in [1.29, 1.82) is 0 Å². The van der Waals surface area contributed by atoms with Gasteiger partial charge in [0, 0.05) is 18.9 Å². The first kappa shape index (κ1) is 18.1. The highest BCUT2D eigenvalue weighted by Crippen LogP contribution is 2.38. The van der Waals surface area contributed by atoms with Gasteiger partial charge in [0.2, 0.25) is 5.91 Å². The summed E-state index contributed by atoms with van der Waals surface area (Å²) in [7, 11) is 0. The van der Waals surface area contributed by atoms with Crippen LogP contribution in [-0.2, 0) is 11.2 Å². The fraction of sp³-hybridized carbons (Fsp3) is 0.261. The summed E-state index contributed by atoms with van der Waals surface area (Å²) in [4.78, 5) is 25.7. The second-order valence-electron chi connectivity index (χ2n) is 7.42. The number of benzene rings is 2. The zero-order valence-electron chi connectivity index (χ0n) is 16.0. The van der Waals surface area contributed by atoms with E-state index >= 15 is 0 Å². The van der Waals surface area contributed by atoms with Crippen molar-refractivity contribution >= 4 is 38.5 Å². The van der Waals surface area contributed by atoms with Gasteiger partial charge in [-0.05, 0) is 37.1 Å². The van der Waals surface area contributed by atoms with Gasteiger partial charge in [-0.15, -0.1) is 11.3 Å². The summed E-state index contributed by atoms with van der Waals surface area (Å²) in [6.07, 6.45) is 6.61. The van der Waals surface area contributed by atoms with E-state index in [4.69, 9.17) is 4.98 Å². The van der Waals surface area contributed by atoms with Crippen LogP contribution >= 0.6 is 11.3 Å². The zero-order chi connectivity index (χ0) is 19.6. The molecule has 0 saturated carbocycles. The van der Waals surface area contributed by atoms with Gasteiger partial charge in [0.25, 0.3) is 0 Å². The van der Waals surface area contributed by atoms with Gasteiger partial charge in [-0.2, -0.15) is 0 Å². The number of hydrogen-bond donors (Lipinski definition) is 2. The molecular weight excluding hydrogens is 380 g/mol. The lowest BCUT2D eigenvalue weighted by atomic mass is 9.82. The average Bonchev–Trinajstić information content (AvgIpc) is 3.37. The molecular formula is C23H22N4OS. The van der Waals surface area contributed by atoms with Crippen LogP contribution < -0.4 is 5.32 Å². The van der Waals surface area contributed by atoms with Crippen molar-refractivity contribution in [2.24, 2.45) is 5.92 Å². The van der Waals surface area contributed by atoms with E-state index in [9.17, 15) is 4.79 Å². The highest BCUT2D eigenvalue weighted by molar-refractivity contribution is 7.18. The van der Waals surface area contributed by atoms with E-state index in [2.05, 4.69) is 33.5 Å². The molecule has 6 heteroatoms. The van der Waals surface area contributed by atoms with Crippen molar-refractivity contribution in [2.45, 2.75) is 25.2 Å². The summed E-state index contributed by atoms with van der Waals surface area (Å²) in [5.74, 6) is 1.08. The van der Waals surface area contributed by atoms with Crippen LogP contribution in [0.25, 0.3) is 21.3 Å². The summed E-state index contributed by atoms with van der Waals surface area (Å²) >= 11 is 1.71. The lowest BCUT2D eigenvalue weighted by Gasteiger charge is -2.26. The number of nitrogens with one attached hydrogen (secondary N) is 2. The number of amides is 1. The monoisotopic (exact) mass is 402 g/mol. The smallest absolute Gasteiger partial charge is 0.224 e. The second kappa shape index (κ2) is 7.79. The van der Waals surface area contributed by atoms with E-state index in [1.165, 1.54) is 4.70 Å². The molecule has 2 aromatic carbocycles. The molecule has 2 N–H and O–H groups in total. The third kappa shape index (κ3) is 3.68. The Labute approximate surface area is 172 Å². The van der Waals surface area contributed by atoms with Crippen molar-refractivity contribution in [3.63, 3.8) is 0 Å². The van der Waals surface area contributed by atoms with Gasteiger partial charge < -0.3 is 10.3 Å². The van der Waals surface area contributed by atoms with E-state index in [0.717, 1.165) is 40.2 Å². The first-order chi connectivity index (χ1) is 14.3. The van der Waals surface area contributed by atoms with Gasteiger partial charge in [0.15, 0.2) is 0 Å². The molecule has 0 fully saturated rings. The molecule has 146 valence electrons. The van der Waals surface area contributed by atoms with Crippen molar-refractivity contribution < 1.29 is 4.79 Å². The third-order valence-corrected chi connectivity index (χ3v) is 6.66. The standard InChI is InChI=1S/C23H22N4OS/c28-22(24-14-13-21-25-17-9-3-4-10-18(17)26-21)15-7-1-2-8-16(15)23-27-19-11-5-6-12-20(19)29-23/h1-6,9-12,15-16H,7-8,13-14H2,(H,24,28)(H,25,26). The zero-order valence-corrected chi connectivity index (χ0v) is 16.8. The Kier molecular flexibility index (Phi) is 4.86. The van der Waals surface area contributed by atoms with E-state index in [1.807, 2.05) is 42.5 Å². The Balaban J connectivity index is 1.26. The number of aromatic amines is 1. The lowest BCUT2D eigenvalue weighted by molar-refractivity contribution is -0.125. The molecule has 0 radical (unpaired) electrons. The fourth-order valence-electron chi connectivity index (χ4n) is 3.98. The van der Waals surface area contributed by atoms with Gasteiger partial charge in [-0.3, -0.25) is 4.79 Å². The van der Waals surface area contributed by atoms with E-state index in [-0.39, 0.29) is 17.7 Å². The number of carbonyl (C=O) groups excluding carboxylic acids is 1. The SMILES string of the molecule is O=C(NCCc1nc2ccccc2[nH]1)C1CC=CCC1c1nc2ccccc2s1. The summed E-state index contributed by atoms with van der Waals surface area (Å²) in [6, 6.07) is 16.2. The number of H-pyrrole nitrogens is 1. The van der Waals surface area contributed by atoms with Crippen molar-refractivity contribution in [3.8, 4) is 0 Å². The van der Waals surface area contributed by atoms with Crippen LogP contribution in [-0.4, -0.2) is 27.4 Å². The number of aromatic nitrogens is 3. The van der Waals surface area contributed by atoms with Crippen LogP contribution in [0.3, 0.4) is 0 Å². The third-order valence-electron chi connectivity index (χ3n) is 5.50. The topological polar surface area (TPSA) is 70.7 Å². The Hall–Kier alpha value is -2.99. The number of para-hydroxylation sites is 3. The molecule has 4 aromatic rings. The first-order valence-corrected chi connectivity index (χ1v) is 10.8. The summed E-state index contributed by atoms with van der Waals surface area (Å²) in [6.45, 7) is 0.575. The molecule has 0 saturated heterocycles. The van der Waals surface area contributed by atoms with Gasteiger partial charge in [0.1, 0.15) is 5.82 Å². The number of hydrogen-bond acceptors (Lipinski definition) is 4. The number of nitrogens with zero attached hydrogens (tertiary/aromatic N) is 2. The second-order valence-corrected chi connectivity index (χ2v) is 8.48. The number of thiazole rings is 1. The minimum absolute atomic E-state index is 0.0729. The molecule has 5 nitrogen and oxygen atoms in total. The van der Waals surface area contributed by atoms with Crippen LogP contribution in [0.5, 0.6) is 0 Å². The molecule has 1 aliphatic carbocycles. The van der Waals surface area contributed by atoms with Gasteiger partial charge in [-0.1, -0.05) is 36.4 Å². The highest BCUT2D eigenvalue weighted by atomic mass is 32.1. The van der Waals surface area contributed by atoms with Crippen molar-refractivity contribution in [1.82, 2.24) is 20.3 Å². The lowest BCUT2D eigenvalue weighted by Crippen LogP contribution is -2.36. The number of allylic oxidation sites excluding steroid dienone is 2. The molecule has 1 aliphatic rings. The van der Waals surface area contributed by atoms with E-state index in [1.54, 1.807) is 11.3 Å². The largest absolute Gasteiger partial charge is 0.355 e. The predicted molar refractivity (Wildman–Crippen MR) is 117 cm³/mol. The molecule has 29 heavy (non-hydrogen) atoms. The van der Waals surface area contributed by atoms with Crippen molar-refractivity contribution in [2.75, 3.05) is 6.54 Å². The van der Waals surface area contributed by atoms with Gasteiger partial charge in [-0.25, -0.2) is 9.97 Å². The van der Waals surface area contributed by atoms with Gasteiger partial charge in [0.05, 0.1) is 32.2 Å². The maximum atomic E-state index is 13.0. The summed E-state index contributed by atoms with van der Waals surface area (Å²) in [5, 5.41) is 4.19. The van der Waals surface area contributed by atoms with Crippen LogP contribution in [0.15, 0.2) is 60.7 Å². The minimum Gasteiger partial charge on any atom is -0.355 e. The predicted octanol–water partition coefficient (Wildman–Crippen LogP) is 4.58. The van der Waals surface area contributed by atoms with Crippen LogP contribution in [0, 0.1) is 5.92 Å². The van der Waals surface area contributed by atoms with Gasteiger partial charge >= 0.3 is 0 Å². The highest BCUT2D eigenvalue weighted by Gasteiger charge is 2.32. The normalized spacial score (nSPS) is 19.0. The van der Waals surface area contributed by atoms with E-state index in [0.29, 0.717) is 13.0 Å². The summed E-state index contributed by atoms with van der Waals surface area (Å²) < 4.78 is 1.18. The molecule has 2 unspecified atom stereocenters. The Bertz CT molecular complexity index is 1130. The molecule has 0 aliphatic heterocycles. The Morgan fingerprint density at radius 3 is 2.69 bits per heavy atom. The maximum Gasteiger partial charge on any atom is 0.224 e. The molecule has 2 atom stereocenters. The van der Waals surface area contributed by atoms with Crippen LogP contribution in [0.4, 0.5) is 0 Å². The molecule has 2 aromatic heterocycles. The molecule has 1 amide bonds. The fourth-order valence-corrected chi connectivity index (χ4v) is 5.13.